The molecule has 0 aliphatic carbocycles. The van der Waals surface area contributed by atoms with Gasteiger partial charge in [0.2, 0.25) is 0 Å². The molecule has 1 aromatic rings. The average Bonchev–Trinajstić information content (AvgIpc) is 2.38. The van der Waals surface area contributed by atoms with Crippen molar-refractivity contribution in [3.63, 3.8) is 0 Å². The molecule has 1 aromatic carbocycles. The van der Waals surface area contributed by atoms with Crippen LogP contribution in [0.2, 0.25) is 0 Å². The summed E-state index contributed by atoms with van der Waals surface area (Å²) >= 11 is 0. The first-order valence-electron chi connectivity index (χ1n) is 5.79. The third-order valence-corrected chi connectivity index (χ3v) is 3.95. The van der Waals surface area contributed by atoms with Crippen molar-refractivity contribution in [2.75, 3.05) is 13.2 Å². The number of nitrogens with zero attached hydrogens (tertiary/aromatic N) is 1. The van der Waals surface area contributed by atoms with E-state index in [1.165, 1.54) is 0 Å². The number of aryl methyl sites for hydroxylation is 1. The molecule has 1 saturated heterocycles. The molecule has 1 N–H and O–H groups in total. The highest BCUT2D eigenvalue weighted by Crippen LogP contribution is 2.10. The van der Waals surface area contributed by atoms with Gasteiger partial charge in [0, 0.05) is 18.6 Å². The smallest absolute Gasteiger partial charge is 0.276 e. The van der Waals surface area contributed by atoms with E-state index < -0.39 is 10.0 Å². The second-order valence-corrected chi connectivity index (χ2v) is 5.86. The van der Waals surface area contributed by atoms with Gasteiger partial charge in [0.05, 0.1) is 18.1 Å². The van der Waals surface area contributed by atoms with E-state index in [0.717, 1.165) is 11.3 Å². The summed E-state index contributed by atoms with van der Waals surface area (Å²) in [5.74, 6) is 0. The van der Waals surface area contributed by atoms with Crippen LogP contribution >= 0.6 is 0 Å². The summed E-state index contributed by atoms with van der Waals surface area (Å²) in [6, 6.07) is 6.66. The molecule has 98 valence electrons. The van der Waals surface area contributed by atoms with Gasteiger partial charge in [-0.3, -0.25) is 0 Å². The van der Waals surface area contributed by atoms with Gasteiger partial charge in [-0.1, -0.05) is 17.7 Å². The van der Waals surface area contributed by atoms with Crippen LogP contribution in [0.25, 0.3) is 0 Å². The molecule has 1 heterocycles. The van der Waals surface area contributed by atoms with Crippen molar-refractivity contribution in [3.8, 4) is 0 Å². The zero-order valence-corrected chi connectivity index (χ0v) is 11.0. The molecule has 0 amide bonds. The number of ether oxygens (including phenoxy) is 1. The van der Waals surface area contributed by atoms with Crippen LogP contribution in [0, 0.1) is 6.92 Å². The Kier molecular flexibility index (Phi) is 3.98. The fraction of sp³-hybridized carbons (Fsp3) is 0.417. The van der Waals surface area contributed by atoms with Gasteiger partial charge in [-0.2, -0.15) is 13.5 Å². The minimum Gasteiger partial charge on any atom is -0.381 e. The first-order valence-corrected chi connectivity index (χ1v) is 7.28. The summed E-state index contributed by atoms with van der Waals surface area (Å²) in [5, 5.41) is 3.95. The third-order valence-electron chi connectivity index (χ3n) is 2.73. The van der Waals surface area contributed by atoms with Gasteiger partial charge in [-0.05, 0) is 19.1 Å². The van der Waals surface area contributed by atoms with Gasteiger partial charge in [0.15, 0.2) is 0 Å². The molecule has 0 radical (unpaired) electrons. The van der Waals surface area contributed by atoms with Crippen LogP contribution in [0.15, 0.2) is 34.3 Å². The minimum atomic E-state index is -3.55. The molecule has 1 aliphatic rings. The molecule has 6 heteroatoms. The summed E-state index contributed by atoms with van der Waals surface area (Å²) in [4.78, 5) is 2.50. The van der Waals surface area contributed by atoms with Crippen LogP contribution < -0.4 is 4.83 Å². The van der Waals surface area contributed by atoms with E-state index in [0.29, 0.717) is 26.1 Å². The Morgan fingerprint density at radius 1 is 1.17 bits per heavy atom. The second kappa shape index (κ2) is 5.49. The van der Waals surface area contributed by atoms with E-state index in [2.05, 4.69) is 9.93 Å². The molecule has 0 spiro atoms. The van der Waals surface area contributed by atoms with Crippen LogP contribution in [-0.4, -0.2) is 27.3 Å². The standard InChI is InChI=1S/C12H16N2O3S/c1-10-2-4-12(5-3-10)18(15,16)14-13-11-6-8-17-9-7-11/h2-5,14H,6-9H2,1H3. The fourth-order valence-electron chi connectivity index (χ4n) is 1.61. The van der Waals surface area contributed by atoms with Gasteiger partial charge in [0.25, 0.3) is 10.0 Å². The van der Waals surface area contributed by atoms with Crippen LogP contribution in [-0.2, 0) is 14.8 Å². The Balaban J connectivity index is 2.09. The Morgan fingerprint density at radius 2 is 1.78 bits per heavy atom. The number of rotatable bonds is 3. The van der Waals surface area contributed by atoms with Crippen LogP contribution in [0.1, 0.15) is 18.4 Å². The first kappa shape index (κ1) is 13.0. The van der Waals surface area contributed by atoms with E-state index in [-0.39, 0.29) is 4.90 Å². The Hall–Kier alpha value is -1.40. The van der Waals surface area contributed by atoms with Crippen molar-refractivity contribution < 1.29 is 13.2 Å². The van der Waals surface area contributed by atoms with Gasteiger partial charge in [0.1, 0.15) is 0 Å². The number of sulfonamides is 1. The van der Waals surface area contributed by atoms with Crippen molar-refractivity contribution in [1.82, 2.24) is 4.83 Å². The number of hydrazone groups is 1. The monoisotopic (exact) mass is 268 g/mol. The maximum Gasteiger partial charge on any atom is 0.276 e. The Labute approximate surface area is 107 Å². The predicted octanol–water partition coefficient (Wildman–Crippen LogP) is 1.44. The molecule has 0 bridgehead atoms. The summed E-state index contributed by atoms with van der Waals surface area (Å²) in [7, 11) is -3.55. The lowest BCUT2D eigenvalue weighted by Gasteiger charge is -2.13. The first-order chi connectivity index (χ1) is 8.58. The molecule has 1 aliphatic heterocycles. The minimum absolute atomic E-state index is 0.226. The SMILES string of the molecule is Cc1ccc(S(=O)(=O)NN=C2CCOCC2)cc1. The maximum atomic E-state index is 11.9. The van der Waals surface area contributed by atoms with Crippen molar-refractivity contribution >= 4 is 15.7 Å². The second-order valence-electron chi connectivity index (χ2n) is 4.20. The van der Waals surface area contributed by atoms with Gasteiger partial charge >= 0.3 is 0 Å². The number of benzene rings is 1. The quantitative estimate of drug-likeness (QED) is 0.843. The van der Waals surface area contributed by atoms with Crippen molar-refractivity contribution in [1.29, 1.82) is 0 Å². The molecule has 18 heavy (non-hydrogen) atoms. The lowest BCUT2D eigenvalue weighted by atomic mass is 10.2. The normalized spacial score (nSPS) is 16.4. The zero-order valence-electron chi connectivity index (χ0n) is 10.2. The fourth-order valence-corrected chi connectivity index (χ4v) is 2.46. The highest BCUT2D eigenvalue weighted by atomic mass is 32.2. The van der Waals surface area contributed by atoms with E-state index in [4.69, 9.17) is 4.74 Å². The van der Waals surface area contributed by atoms with Crippen LogP contribution in [0.5, 0.6) is 0 Å². The zero-order chi connectivity index (χ0) is 13.0. The highest BCUT2D eigenvalue weighted by molar-refractivity contribution is 7.89. The summed E-state index contributed by atoms with van der Waals surface area (Å²) in [6.07, 6.45) is 1.35. The summed E-state index contributed by atoms with van der Waals surface area (Å²) in [5.41, 5.74) is 1.85. The van der Waals surface area contributed by atoms with E-state index >= 15 is 0 Å². The van der Waals surface area contributed by atoms with Crippen LogP contribution in [0.4, 0.5) is 0 Å². The molecular weight excluding hydrogens is 252 g/mol. The molecule has 1 fully saturated rings. The van der Waals surface area contributed by atoms with Gasteiger partial charge in [-0.25, -0.2) is 4.83 Å². The summed E-state index contributed by atoms with van der Waals surface area (Å²) < 4.78 is 29.0. The average molecular weight is 268 g/mol. The Morgan fingerprint density at radius 3 is 2.39 bits per heavy atom. The topological polar surface area (TPSA) is 67.8 Å². The molecular formula is C12H16N2O3S. The highest BCUT2D eigenvalue weighted by Gasteiger charge is 2.13. The Bertz CT molecular complexity index is 527. The molecule has 0 aromatic heterocycles. The molecule has 2 rings (SSSR count). The van der Waals surface area contributed by atoms with Crippen molar-refractivity contribution in [2.24, 2.45) is 5.10 Å². The van der Waals surface area contributed by atoms with Gasteiger partial charge in [-0.15, -0.1) is 0 Å². The molecule has 0 atom stereocenters. The largest absolute Gasteiger partial charge is 0.381 e. The van der Waals surface area contributed by atoms with Crippen LogP contribution in [0.3, 0.4) is 0 Å². The van der Waals surface area contributed by atoms with Gasteiger partial charge < -0.3 is 4.74 Å². The van der Waals surface area contributed by atoms with E-state index in [9.17, 15) is 8.42 Å². The molecule has 5 nitrogen and oxygen atoms in total. The number of nitrogens with one attached hydrogen (secondary N) is 1. The van der Waals surface area contributed by atoms with Crippen molar-refractivity contribution in [3.05, 3.63) is 29.8 Å². The lowest BCUT2D eigenvalue weighted by molar-refractivity contribution is 0.134. The van der Waals surface area contributed by atoms with Crippen molar-refractivity contribution in [2.45, 2.75) is 24.7 Å². The molecule has 0 saturated carbocycles. The van der Waals surface area contributed by atoms with E-state index in [1.54, 1.807) is 24.3 Å². The number of hydrogen-bond acceptors (Lipinski definition) is 4. The number of hydrogen-bond donors (Lipinski definition) is 1. The maximum absolute atomic E-state index is 11.9. The third kappa shape index (κ3) is 3.30. The van der Waals surface area contributed by atoms with E-state index in [1.807, 2.05) is 6.92 Å². The summed E-state index contributed by atoms with van der Waals surface area (Å²) in [6.45, 7) is 3.11. The lowest BCUT2D eigenvalue weighted by Crippen LogP contribution is -2.23. The molecule has 0 unspecified atom stereocenters. The predicted molar refractivity (Wildman–Crippen MR) is 69.0 cm³/mol.